The van der Waals surface area contributed by atoms with Gasteiger partial charge in [0.2, 0.25) is 5.95 Å². The van der Waals surface area contributed by atoms with Crippen molar-refractivity contribution in [2.24, 2.45) is 0 Å². The number of allylic oxidation sites excluding steroid dienone is 4. The van der Waals surface area contributed by atoms with Gasteiger partial charge in [-0.25, -0.2) is 4.98 Å². The molecule has 3 aliphatic carbocycles. The van der Waals surface area contributed by atoms with E-state index in [4.69, 9.17) is 15.0 Å². The number of hydrogen-bond acceptors (Lipinski definition) is 4. The minimum Gasteiger partial charge on any atom is -0.320 e. The van der Waals surface area contributed by atoms with Gasteiger partial charge in [-0.05, 0) is 117 Å². The molecule has 2 atom stereocenters. The Bertz CT molecular complexity index is 3980. The van der Waals surface area contributed by atoms with Crippen molar-refractivity contribution < 1.29 is 0 Å². The molecule has 4 heteroatoms. The molecular weight excluding hydrogens is 849 g/mol. The third kappa shape index (κ3) is 6.26. The average molecular weight is 895 g/mol. The molecule has 2 unspecified atom stereocenters. The van der Waals surface area contributed by atoms with Crippen LogP contribution in [0, 0.1) is 0 Å². The van der Waals surface area contributed by atoms with Gasteiger partial charge in [0.1, 0.15) is 0 Å². The first-order chi connectivity index (χ1) is 34.5. The quantitative estimate of drug-likeness (QED) is 0.167. The normalized spacial score (nSPS) is 17.4. The number of hydrogen-bond donors (Lipinski definition) is 0. The van der Waals surface area contributed by atoms with Gasteiger partial charge >= 0.3 is 0 Å². The largest absolute Gasteiger partial charge is 0.320 e. The topological polar surface area (TPSA) is 41.9 Å². The molecule has 0 bridgehead atoms. The molecule has 0 radical (unpaired) electrons. The zero-order chi connectivity index (χ0) is 46.5. The molecule has 0 amide bonds. The first-order valence-electron chi connectivity index (χ1n) is 24.3. The second-order valence-corrected chi connectivity index (χ2v) is 19.5. The molecule has 0 N–H and O–H groups in total. The number of aromatic nitrogens is 3. The molecule has 2 heterocycles. The highest BCUT2D eigenvalue weighted by molar-refractivity contribution is 6.11. The van der Waals surface area contributed by atoms with E-state index in [-0.39, 0.29) is 17.5 Å². The smallest absolute Gasteiger partial charge is 0.231 e. The minimum atomic E-state index is -0.147. The van der Waals surface area contributed by atoms with Gasteiger partial charge in [-0.3, -0.25) is 0 Å². The molecule has 70 heavy (non-hydrogen) atoms. The van der Waals surface area contributed by atoms with Crippen molar-refractivity contribution in [2.45, 2.75) is 31.3 Å². The molecule has 10 aromatic rings. The molecule has 1 aliphatic heterocycles. The van der Waals surface area contributed by atoms with Gasteiger partial charge in [0.25, 0.3) is 0 Å². The second kappa shape index (κ2) is 15.7. The lowest BCUT2D eigenvalue weighted by atomic mass is 9.78. The van der Waals surface area contributed by atoms with Gasteiger partial charge in [-0.1, -0.05) is 226 Å². The Balaban J connectivity index is 0.967. The Kier molecular flexibility index (Phi) is 9.03. The van der Waals surface area contributed by atoms with Crippen LogP contribution >= 0.6 is 0 Å². The molecule has 14 rings (SSSR count). The van der Waals surface area contributed by atoms with Gasteiger partial charge in [0, 0.05) is 16.5 Å². The number of benzene rings is 9. The molecule has 4 nitrogen and oxygen atoms in total. The van der Waals surface area contributed by atoms with Crippen LogP contribution in [0.3, 0.4) is 0 Å². The number of anilines is 1. The molecule has 0 spiro atoms. The van der Waals surface area contributed by atoms with E-state index >= 15 is 0 Å². The monoisotopic (exact) mass is 894 g/mol. The fourth-order valence-electron chi connectivity index (χ4n) is 11.9. The summed E-state index contributed by atoms with van der Waals surface area (Å²) < 4.78 is 0. The van der Waals surface area contributed by atoms with Crippen molar-refractivity contribution in [3.63, 3.8) is 0 Å². The number of rotatable bonds is 6. The zero-order valence-corrected chi connectivity index (χ0v) is 38.9. The molecule has 0 fully saturated rings. The van der Waals surface area contributed by atoms with Crippen LogP contribution in [0.15, 0.2) is 247 Å². The van der Waals surface area contributed by atoms with E-state index in [1.54, 1.807) is 0 Å². The van der Waals surface area contributed by atoms with Crippen molar-refractivity contribution in [1.29, 1.82) is 0 Å². The third-order valence-corrected chi connectivity index (χ3v) is 15.2. The van der Waals surface area contributed by atoms with Crippen molar-refractivity contribution in [1.82, 2.24) is 15.0 Å². The Hall–Kier alpha value is -8.73. The summed E-state index contributed by atoms with van der Waals surface area (Å²) in [7, 11) is 0. The van der Waals surface area contributed by atoms with Gasteiger partial charge in [0.15, 0.2) is 11.6 Å². The van der Waals surface area contributed by atoms with Gasteiger partial charge < -0.3 is 4.90 Å². The van der Waals surface area contributed by atoms with E-state index in [0.717, 1.165) is 16.7 Å². The summed E-state index contributed by atoms with van der Waals surface area (Å²) in [6.45, 7) is 4.72. The molecule has 330 valence electrons. The molecule has 9 aromatic carbocycles. The van der Waals surface area contributed by atoms with Gasteiger partial charge in [-0.2, -0.15) is 9.97 Å². The Morgan fingerprint density at radius 2 is 1.07 bits per heavy atom. The fraction of sp³-hybridized carbons (Fsp3) is 0.0758. The summed E-state index contributed by atoms with van der Waals surface area (Å²) in [6.07, 6.45) is 13.8. The Labute approximate surface area is 407 Å². The predicted octanol–water partition coefficient (Wildman–Crippen LogP) is 16.0. The molecule has 4 aliphatic rings. The van der Waals surface area contributed by atoms with E-state index in [1.165, 1.54) is 93.6 Å². The summed E-state index contributed by atoms with van der Waals surface area (Å²) in [5.41, 5.74) is 16.7. The Morgan fingerprint density at radius 3 is 1.90 bits per heavy atom. The van der Waals surface area contributed by atoms with Crippen LogP contribution in [0.5, 0.6) is 0 Å². The molecule has 0 saturated heterocycles. The molecule has 0 saturated carbocycles. The maximum atomic E-state index is 5.53. The van der Waals surface area contributed by atoms with E-state index in [9.17, 15) is 0 Å². The van der Waals surface area contributed by atoms with Crippen LogP contribution in [0.2, 0.25) is 0 Å². The first-order valence-corrected chi connectivity index (χ1v) is 24.3. The maximum absolute atomic E-state index is 5.53. The van der Waals surface area contributed by atoms with Crippen molar-refractivity contribution in [3.05, 3.63) is 258 Å². The highest BCUT2D eigenvalue weighted by Crippen LogP contribution is 2.54. The summed E-state index contributed by atoms with van der Waals surface area (Å²) in [6, 6.07) is 70.2. The number of nitrogens with zero attached hydrogens (tertiary/aromatic N) is 4. The fourth-order valence-corrected chi connectivity index (χ4v) is 11.9. The van der Waals surface area contributed by atoms with Crippen LogP contribution in [-0.4, -0.2) is 27.0 Å². The summed E-state index contributed by atoms with van der Waals surface area (Å²) in [5, 5.41) is 7.26. The summed E-state index contributed by atoms with van der Waals surface area (Å²) in [4.78, 5) is 18.7. The lowest BCUT2D eigenvalue weighted by Crippen LogP contribution is -2.40. The van der Waals surface area contributed by atoms with Crippen LogP contribution in [0.1, 0.15) is 25.0 Å². The van der Waals surface area contributed by atoms with E-state index < -0.39 is 0 Å². The maximum Gasteiger partial charge on any atom is 0.231 e. The van der Waals surface area contributed by atoms with Crippen LogP contribution in [0.4, 0.5) is 5.95 Å². The summed E-state index contributed by atoms with van der Waals surface area (Å²) >= 11 is 0. The Morgan fingerprint density at radius 1 is 0.443 bits per heavy atom. The summed E-state index contributed by atoms with van der Waals surface area (Å²) in [5.74, 6) is 1.93. The minimum absolute atomic E-state index is 0.0454. The number of fused-ring (bicyclic) bond motifs is 8. The predicted molar refractivity (Wildman–Crippen MR) is 290 cm³/mol. The van der Waals surface area contributed by atoms with Crippen molar-refractivity contribution in [3.8, 4) is 56.2 Å². The van der Waals surface area contributed by atoms with Gasteiger partial charge in [0.05, 0.1) is 12.1 Å². The first kappa shape index (κ1) is 40.3. The van der Waals surface area contributed by atoms with Gasteiger partial charge in [-0.15, -0.1) is 0 Å². The SMILES string of the molecule is CC1(C)C2=CC3C(=C4C=CC=CC4N3c3nc(-c4ccccc4)nc(-c4cccc(-c5c(-c6cccc7ccccc67)ccc6ccc(-c7cccc8ccccc78)cc56)c4)n3)C=C2c2ccccc21. The van der Waals surface area contributed by atoms with Crippen molar-refractivity contribution >= 4 is 43.8 Å². The van der Waals surface area contributed by atoms with E-state index in [2.05, 4.69) is 243 Å². The molecule has 1 aromatic heterocycles. The zero-order valence-electron chi connectivity index (χ0n) is 38.9. The van der Waals surface area contributed by atoms with Crippen LogP contribution in [0.25, 0.3) is 94.0 Å². The third-order valence-electron chi connectivity index (χ3n) is 15.2. The highest BCUT2D eigenvalue weighted by atomic mass is 15.3. The lowest BCUT2D eigenvalue weighted by Gasteiger charge is -2.33. The van der Waals surface area contributed by atoms with E-state index in [1.807, 2.05) is 6.07 Å². The molecular formula is C66H46N4. The standard InChI is InChI=1S/C66H46N4/c1-66(2)58-31-12-10-27-52(58)56-39-57-53-28-11-13-32-60(53)70(61(57)40-59(56)66)65-68-63(44-19-4-3-5-20-44)67-64(69-65)47-24-14-23-46(37-47)62-54(51-30-16-22-42-18-7-9-26-49(42)51)36-35-43-33-34-45(38-55(43)62)50-29-15-21-41-17-6-8-25-48(41)50/h3-40,60-61H,1-2H3. The van der Waals surface area contributed by atoms with Crippen LogP contribution < -0.4 is 4.90 Å². The van der Waals surface area contributed by atoms with Crippen molar-refractivity contribution in [2.75, 3.05) is 4.90 Å². The highest BCUT2D eigenvalue weighted by Gasteiger charge is 2.46. The van der Waals surface area contributed by atoms with E-state index in [0.29, 0.717) is 17.6 Å². The average Bonchev–Trinajstić information content (AvgIpc) is 3.86. The lowest BCUT2D eigenvalue weighted by molar-refractivity contribution is 0.648. The second-order valence-electron chi connectivity index (χ2n) is 19.5. The van der Waals surface area contributed by atoms with Crippen LogP contribution in [-0.2, 0) is 5.41 Å².